The van der Waals surface area contributed by atoms with Crippen LogP contribution in [0.3, 0.4) is 0 Å². The highest BCUT2D eigenvalue weighted by Gasteiger charge is 2.16. The number of hydrogen-bond acceptors (Lipinski definition) is 0. The van der Waals surface area contributed by atoms with Gasteiger partial charge in [-0.3, -0.25) is 0 Å². The van der Waals surface area contributed by atoms with Crippen molar-refractivity contribution >= 4 is 11.6 Å². The summed E-state index contributed by atoms with van der Waals surface area (Å²) >= 11 is 6.52. The fraction of sp³-hybridized carbons (Fsp3) is 0.667. The van der Waals surface area contributed by atoms with E-state index in [9.17, 15) is 0 Å². The lowest BCUT2D eigenvalue weighted by molar-refractivity contribution is 0.443. The fourth-order valence-corrected chi connectivity index (χ4v) is 3.52. The molecule has 0 saturated heterocycles. The summed E-state index contributed by atoms with van der Waals surface area (Å²) in [7, 11) is 0. The third-order valence-corrected chi connectivity index (χ3v) is 5.11. The van der Waals surface area contributed by atoms with Gasteiger partial charge in [0.05, 0.1) is 5.38 Å². The first-order valence-corrected chi connectivity index (χ1v) is 8.38. The Morgan fingerprint density at radius 1 is 1.11 bits per heavy atom. The van der Waals surface area contributed by atoms with Crippen molar-refractivity contribution in [1.82, 2.24) is 0 Å². The van der Waals surface area contributed by atoms with E-state index in [2.05, 4.69) is 38.1 Å². The van der Waals surface area contributed by atoms with E-state index in [4.69, 9.17) is 11.6 Å². The average Bonchev–Trinajstić information content (AvgIpc) is 2.48. The summed E-state index contributed by atoms with van der Waals surface area (Å²) in [5.74, 6) is 1.51. The van der Waals surface area contributed by atoms with Gasteiger partial charge in [-0.2, -0.15) is 0 Å². The molecule has 0 bridgehead atoms. The molecule has 1 aliphatic carbocycles. The van der Waals surface area contributed by atoms with Gasteiger partial charge in [-0.05, 0) is 42.2 Å². The summed E-state index contributed by atoms with van der Waals surface area (Å²) < 4.78 is 0. The molecule has 0 nitrogen and oxygen atoms in total. The Bertz CT molecular complexity index is 362. The Morgan fingerprint density at radius 3 is 2.32 bits per heavy atom. The van der Waals surface area contributed by atoms with Gasteiger partial charge in [-0.15, -0.1) is 11.6 Å². The quantitative estimate of drug-likeness (QED) is 0.543. The Hall–Kier alpha value is -0.490. The van der Waals surface area contributed by atoms with Crippen LogP contribution < -0.4 is 0 Å². The molecule has 2 unspecified atom stereocenters. The zero-order chi connectivity index (χ0) is 13.7. The van der Waals surface area contributed by atoms with Crippen LogP contribution in [0.1, 0.15) is 81.2 Å². The maximum atomic E-state index is 6.52. The molecule has 19 heavy (non-hydrogen) atoms. The van der Waals surface area contributed by atoms with E-state index in [0.717, 1.165) is 12.3 Å². The van der Waals surface area contributed by atoms with Crippen LogP contribution in [0, 0.1) is 5.92 Å². The van der Waals surface area contributed by atoms with Crippen molar-refractivity contribution in [1.29, 1.82) is 0 Å². The second-order valence-corrected chi connectivity index (χ2v) is 6.75. The van der Waals surface area contributed by atoms with Crippen molar-refractivity contribution in [3.8, 4) is 0 Å². The zero-order valence-electron chi connectivity index (χ0n) is 12.4. The van der Waals surface area contributed by atoms with Gasteiger partial charge < -0.3 is 0 Å². The van der Waals surface area contributed by atoms with E-state index in [-0.39, 0.29) is 5.38 Å². The number of halogens is 1. The second kappa shape index (κ2) is 7.33. The van der Waals surface area contributed by atoms with E-state index < -0.39 is 0 Å². The number of hydrogen-bond donors (Lipinski definition) is 0. The van der Waals surface area contributed by atoms with Gasteiger partial charge in [0.25, 0.3) is 0 Å². The molecule has 1 fully saturated rings. The molecule has 2 rings (SSSR count). The van der Waals surface area contributed by atoms with Crippen LogP contribution >= 0.6 is 11.6 Å². The van der Waals surface area contributed by atoms with Gasteiger partial charge in [0.1, 0.15) is 0 Å². The molecule has 0 heterocycles. The summed E-state index contributed by atoms with van der Waals surface area (Å²) in [5.41, 5.74) is 2.82. The van der Waals surface area contributed by atoms with Crippen LogP contribution in [-0.2, 0) is 0 Å². The topological polar surface area (TPSA) is 0 Å². The average molecular weight is 279 g/mol. The number of alkyl halides is 1. The van der Waals surface area contributed by atoms with Crippen molar-refractivity contribution in [2.45, 2.75) is 70.1 Å². The second-order valence-electron chi connectivity index (χ2n) is 6.22. The van der Waals surface area contributed by atoms with Crippen molar-refractivity contribution in [2.24, 2.45) is 5.92 Å². The molecule has 1 saturated carbocycles. The highest BCUT2D eigenvalue weighted by Crippen LogP contribution is 2.34. The summed E-state index contributed by atoms with van der Waals surface area (Å²) in [6.07, 6.45) is 9.27. The van der Waals surface area contributed by atoms with E-state index in [1.54, 1.807) is 0 Å². The Balaban J connectivity index is 1.97. The largest absolute Gasteiger partial charge is 0.118 e. The summed E-state index contributed by atoms with van der Waals surface area (Å²) in [6, 6.07) is 9.14. The summed E-state index contributed by atoms with van der Waals surface area (Å²) in [6.45, 7) is 4.52. The van der Waals surface area contributed by atoms with E-state index in [0.29, 0.717) is 5.92 Å². The molecular formula is C18H27Cl. The van der Waals surface area contributed by atoms with Gasteiger partial charge in [0.2, 0.25) is 0 Å². The predicted molar refractivity (Wildman–Crippen MR) is 84.9 cm³/mol. The number of rotatable bonds is 5. The van der Waals surface area contributed by atoms with Gasteiger partial charge in [0.15, 0.2) is 0 Å². The molecular weight excluding hydrogens is 252 g/mol. The lowest BCUT2D eigenvalue weighted by Gasteiger charge is -2.22. The molecule has 1 aromatic carbocycles. The van der Waals surface area contributed by atoms with Gasteiger partial charge in [-0.25, -0.2) is 0 Å². The Kier molecular flexibility index (Phi) is 5.76. The zero-order valence-corrected chi connectivity index (χ0v) is 13.1. The minimum Gasteiger partial charge on any atom is -0.118 e. The highest BCUT2D eigenvalue weighted by molar-refractivity contribution is 6.20. The van der Waals surface area contributed by atoms with Crippen molar-refractivity contribution in [3.05, 3.63) is 35.4 Å². The van der Waals surface area contributed by atoms with Crippen LogP contribution in [-0.4, -0.2) is 0 Å². The van der Waals surface area contributed by atoms with Crippen molar-refractivity contribution in [3.63, 3.8) is 0 Å². The minimum atomic E-state index is 0.176. The molecule has 1 heteroatoms. The third-order valence-electron chi connectivity index (χ3n) is 4.68. The maximum Gasteiger partial charge on any atom is 0.0587 e. The lowest BCUT2D eigenvalue weighted by Crippen LogP contribution is -2.05. The molecule has 0 aliphatic heterocycles. The van der Waals surface area contributed by atoms with Gasteiger partial charge >= 0.3 is 0 Å². The molecule has 0 N–H and O–H groups in total. The van der Waals surface area contributed by atoms with Crippen LogP contribution in [0.15, 0.2) is 24.3 Å². The SMILES string of the molecule is CCC(C)CC(Cl)c1ccc(C2CCCCC2)cc1. The Labute approximate surface area is 123 Å². The Morgan fingerprint density at radius 2 is 1.74 bits per heavy atom. The van der Waals surface area contributed by atoms with Crippen LogP contribution in [0.2, 0.25) is 0 Å². The van der Waals surface area contributed by atoms with Gasteiger partial charge in [0, 0.05) is 0 Å². The third kappa shape index (κ3) is 4.24. The molecule has 0 aromatic heterocycles. The standard InChI is InChI=1S/C18H27Cl/c1-3-14(2)13-18(19)17-11-9-16(10-12-17)15-7-5-4-6-8-15/h9-12,14-15,18H,3-8,13H2,1-2H3. The van der Waals surface area contributed by atoms with Crippen LogP contribution in [0.4, 0.5) is 0 Å². The molecule has 1 aliphatic rings. The molecule has 0 amide bonds. The van der Waals surface area contributed by atoms with Crippen molar-refractivity contribution in [2.75, 3.05) is 0 Å². The summed E-state index contributed by atoms with van der Waals surface area (Å²) in [5, 5.41) is 0.176. The lowest BCUT2D eigenvalue weighted by atomic mass is 9.83. The molecule has 2 atom stereocenters. The molecule has 1 aromatic rings. The molecule has 0 radical (unpaired) electrons. The monoisotopic (exact) mass is 278 g/mol. The fourth-order valence-electron chi connectivity index (χ4n) is 3.07. The maximum absolute atomic E-state index is 6.52. The highest BCUT2D eigenvalue weighted by atomic mass is 35.5. The van der Waals surface area contributed by atoms with E-state index in [1.807, 2.05) is 0 Å². The van der Waals surface area contributed by atoms with Crippen LogP contribution in [0.25, 0.3) is 0 Å². The van der Waals surface area contributed by atoms with E-state index >= 15 is 0 Å². The first-order valence-electron chi connectivity index (χ1n) is 7.94. The molecule has 106 valence electrons. The normalized spacial score (nSPS) is 20.2. The minimum absolute atomic E-state index is 0.176. The first-order chi connectivity index (χ1) is 9.20. The van der Waals surface area contributed by atoms with Crippen molar-refractivity contribution < 1.29 is 0 Å². The smallest absolute Gasteiger partial charge is 0.0587 e. The van der Waals surface area contributed by atoms with Crippen LogP contribution in [0.5, 0.6) is 0 Å². The molecule has 0 spiro atoms. The number of benzene rings is 1. The van der Waals surface area contributed by atoms with E-state index in [1.165, 1.54) is 49.7 Å². The first kappa shape index (κ1) is 14.9. The van der Waals surface area contributed by atoms with Gasteiger partial charge in [-0.1, -0.05) is 63.8 Å². The predicted octanol–water partition coefficient (Wildman–Crippen LogP) is 6.45. The summed E-state index contributed by atoms with van der Waals surface area (Å²) in [4.78, 5) is 0.